The van der Waals surface area contributed by atoms with Crippen molar-refractivity contribution in [3.8, 4) is 6.07 Å². The summed E-state index contributed by atoms with van der Waals surface area (Å²) < 4.78 is 11.4. The van der Waals surface area contributed by atoms with Crippen LogP contribution in [0.4, 0.5) is 11.5 Å². The molecule has 0 bridgehead atoms. The Balaban J connectivity index is 1.46. The van der Waals surface area contributed by atoms with Gasteiger partial charge in [-0.05, 0) is 24.3 Å². The molecule has 2 saturated heterocycles. The molecule has 138 valence electrons. The van der Waals surface area contributed by atoms with Gasteiger partial charge in [0.25, 0.3) is 5.91 Å². The molecular weight excluding hydrogens is 344 g/mol. The zero-order valence-electron chi connectivity index (χ0n) is 14.9. The summed E-state index contributed by atoms with van der Waals surface area (Å²) in [5, 5.41) is 12.3. The molecule has 1 N–H and O–H groups in total. The van der Waals surface area contributed by atoms with Gasteiger partial charge in [0.05, 0.1) is 24.5 Å². The van der Waals surface area contributed by atoms with Crippen molar-refractivity contribution < 1.29 is 14.3 Å². The van der Waals surface area contributed by atoms with Crippen LogP contribution in [0.2, 0.25) is 0 Å². The van der Waals surface area contributed by atoms with Crippen LogP contribution in [-0.2, 0) is 9.47 Å². The number of rotatable bonds is 3. The van der Waals surface area contributed by atoms with Crippen LogP contribution in [0.1, 0.15) is 28.8 Å². The first-order valence-electron chi connectivity index (χ1n) is 8.99. The van der Waals surface area contributed by atoms with Crippen molar-refractivity contribution in [3.05, 3.63) is 53.7 Å². The minimum absolute atomic E-state index is 0.0399. The van der Waals surface area contributed by atoms with Gasteiger partial charge in [0, 0.05) is 37.7 Å². The highest BCUT2D eigenvalue weighted by atomic mass is 16.7. The molecule has 0 aliphatic carbocycles. The number of nitriles is 1. The molecule has 1 spiro atoms. The molecule has 2 fully saturated rings. The normalized spacial score (nSPS) is 18.3. The number of anilines is 2. The summed E-state index contributed by atoms with van der Waals surface area (Å²) in [7, 11) is 0. The lowest BCUT2D eigenvalue weighted by Crippen LogP contribution is -2.47. The van der Waals surface area contributed by atoms with Crippen LogP contribution in [0, 0.1) is 11.3 Å². The van der Waals surface area contributed by atoms with Crippen molar-refractivity contribution in [2.45, 2.75) is 18.6 Å². The number of ether oxygens (including phenoxy) is 2. The van der Waals surface area contributed by atoms with E-state index < -0.39 is 5.79 Å². The zero-order chi connectivity index (χ0) is 18.7. The molecule has 27 heavy (non-hydrogen) atoms. The SMILES string of the molecule is N#Cc1ccccc1Nc1cc(C(=O)N2CCC3(CC2)OCCO3)ccn1. The molecule has 1 aromatic heterocycles. The molecule has 0 radical (unpaired) electrons. The largest absolute Gasteiger partial charge is 0.347 e. The summed E-state index contributed by atoms with van der Waals surface area (Å²) in [4.78, 5) is 18.9. The van der Waals surface area contributed by atoms with E-state index in [0.29, 0.717) is 61.8 Å². The number of hydrogen-bond donors (Lipinski definition) is 1. The summed E-state index contributed by atoms with van der Waals surface area (Å²) in [6, 6.07) is 12.7. The monoisotopic (exact) mass is 364 g/mol. The van der Waals surface area contributed by atoms with E-state index in [-0.39, 0.29) is 5.91 Å². The fraction of sp³-hybridized carbons (Fsp3) is 0.350. The number of carbonyl (C=O) groups is 1. The standard InChI is InChI=1S/C20H20N4O3/c21-14-16-3-1-2-4-17(16)23-18-13-15(5-8-22-18)19(25)24-9-6-20(7-10-24)26-11-12-27-20/h1-5,8,13H,6-7,9-12H2,(H,22,23). The number of pyridine rings is 1. The van der Waals surface area contributed by atoms with Crippen LogP contribution in [0.3, 0.4) is 0 Å². The molecule has 0 atom stereocenters. The predicted molar refractivity (Wildman–Crippen MR) is 98.4 cm³/mol. The first-order chi connectivity index (χ1) is 13.2. The minimum Gasteiger partial charge on any atom is -0.347 e. The highest BCUT2D eigenvalue weighted by Gasteiger charge is 2.40. The number of benzene rings is 1. The molecule has 1 aromatic carbocycles. The number of carbonyl (C=O) groups excluding carboxylic acids is 1. The molecular formula is C20H20N4O3. The Morgan fingerprint density at radius 3 is 2.67 bits per heavy atom. The summed E-state index contributed by atoms with van der Waals surface area (Å²) in [6.45, 7) is 2.44. The maximum Gasteiger partial charge on any atom is 0.254 e. The third kappa shape index (κ3) is 3.63. The van der Waals surface area contributed by atoms with Crippen LogP contribution in [0.25, 0.3) is 0 Å². The van der Waals surface area contributed by atoms with Gasteiger partial charge in [-0.2, -0.15) is 5.26 Å². The zero-order valence-corrected chi connectivity index (χ0v) is 14.9. The van der Waals surface area contributed by atoms with Gasteiger partial charge in [0.2, 0.25) is 0 Å². The molecule has 2 aromatic rings. The highest BCUT2D eigenvalue weighted by Crippen LogP contribution is 2.31. The van der Waals surface area contributed by atoms with Crippen LogP contribution >= 0.6 is 0 Å². The lowest BCUT2D eigenvalue weighted by Gasteiger charge is -2.37. The number of piperidine rings is 1. The van der Waals surface area contributed by atoms with Crippen molar-refractivity contribution in [3.63, 3.8) is 0 Å². The number of aromatic nitrogens is 1. The topological polar surface area (TPSA) is 87.5 Å². The quantitative estimate of drug-likeness (QED) is 0.901. The first kappa shape index (κ1) is 17.5. The molecule has 0 unspecified atom stereocenters. The lowest BCUT2D eigenvalue weighted by molar-refractivity contribution is -0.181. The summed E-state index contributed by atoms with van der Waals surface area (Å²) >= 11 is 0. The summed E-state index contributed by atoms with van der Waals surface area (Å²) in [5.41, 5.74) is 1.74. The Hall–Kier alpha value is -2.95. The maximum atomic E-state index is 12.9. The lowest BCUT2D eigenvalue weighted by atomic mass is 10.0. The van der Waals surface area contributed by atoms with Gasteiger partial charge in [-0.3, -0.25) is 4.79 Å². The summed E-state index contributed by atoms with van der Waals surface area (Å²) in [6.07, 6.45) is 2.97. The van der Waals surface area contributed by atoms with Crippen molar-refractivity contribution in [2.75, 3.05) is 31.6 Å². The number of nitrogens with one attached hydrogen (secondary N) is 1. The third-order valence-corrected chi connectivity index (χ3v) is 4.94. The third-order valence-electron chi connectivity index (χ3n) is 4.94. The number of amides is 1. The van der Waals surface area contributed by atoms with E-state index >= 15 is 0 Å². The van der Waals surface area contributed by atoms with Gasteiger partial charge in [-0.25, -0.2) is 4.98 Å². The fourth-order valence-electron chi connectivity index (χ4n) is 3.48. The fourth-order valence-corrected chi connectivity index (χ4v) is 3.48. The van der Waals surface area contributed by atoms with Crippen LogP contribution in [-0.4, -0.2) is 47.9 Å². The second kappa shape index (κ2) is 7.35. The van der Waals surface area contributed by atoms with Gasteiger partial charge in [-0.1, -0.05) is 12.1 Å². The number of nitrogens with zero attached hydrogens (tertiary/aromatic N) is 3. The van der Waals surface area contributed by atoms with Gasteiger partial charge < -0.3 is 19.7 Å². The molecule has 2 aliphatic heterocycles. The molecule has 3 heterocycles. The van der Waals surface area contributed by atoms with Crippen LogP contribution < -0.4 is 5.32 Å². The average Bonchev–Trinajstić information content (AvgIpc) is 3.17. The Labute approximate surface area is 157 Å². The van der Waals surface area contributed by atoms with E-state index in [0.717, 1.165) is 0 Å². The number of likely N-dealkylation sites (tertiary alicyclic amines) is 1. The van der Waals surface area contributed by atoms with E-state index in [1.807, 2.05) is 11.0 Å². The van der Waals surface area contributed by atoms with E-state index in [1.54, 1.807) is 36.5 Å². The Morgan fingerprint density at radius 2 is 1.93 bits per heavy atom. The van der Waals surface area contributed by atoms with Crippen LogP contribution in [0.15, 0.2) is 42.6 Å². The number of hydrogen-bond acceptors (Lipinski definition) is 6. The van der Waals surface area contributed by atoms with Crippen LogP contribution in [0.5, 0.6) is 0 Å². The molecule has 1 amide bonds. The Bertz CT molecular complexity index is 877. The molecule has 0 saturated carbocycles. The predicted octanol–water partition coefficient (Wildman–Crippen LogP) is 2.68. The molecule has 4 rings (SSSR count). The van der Waals surface area contributed by atoms with Gasteiger partial charge in [0.15, 0.2) is 5.79 Å². The van der Waals surface area contributed by atoms with Gasteiger partial charge in [-0.15, -0.1) is 0 Å². The van der Waals surface area contributed by atoms with Gasteiger partial charge >= 0.3 is 0 Å². The maximum absolute atomic E-state index is 12.9. The average molecular weight is 364 g/mol. The molecule has 7 nitrogen and oxygen atoms in total. The smallest absolute Gasteiger partial charge is 0.254 e. The molecule has 7 heteroatoms. The van der Waals surface area contributed by atoms with E-state index in [2.05, 4.69) is 16.4 Å². The first-order valence-corrected chi connectivity index (χ1v) is 8.99. The second-order valence-electron chi connectivity index (χ2n) is 6.61. The van der Waals surface area contributed by atoms with Crippen molar-refractivity contribution in [2.24, 2.45) is 0 Å². The Morgan fingerprint density at radius 1 is 1.19 bits per heavy atom. The number of para-hydroxylation sites is 1. The minimum atomic E-state index is -0.497. The Kier molecular flexibility index (Phi) is 4.75. The summed E-state index contributed by atoms with van der Waals surface area (Å²) in [5.74, 6) is -0.00991. The van der Waals surface area contributed by atoms with Crippen molar-refractivity contribution in [1.82, 2.24) is 9.88 Å². The van der Waals surface area contributed by atoms with E-state index in [9.17, 15) is 10.1 Å². The van der Waals surface area contributed by atoms with Crippen molar-refractivity contribution >= 4 is 17.4 Å². The van der Waals surface area contributed by atoms with Gasteiger partial charge in [0.1, 0.15) is 11.9 Å². The van der Waals surface area contributed by atoms with Crippen molar-refractivity contribution in [1.29, 1.82) is 5.26 Å². The highest BCUT2D eigenvalue weighted by molar-refractivity contribution is 5.95. The molecule has 2 aliphatic rings. The van der Waals surface area contributed by atoms with E-state index in [4.69, 9.17) is 9.47 Å². The second-order valence-corrected chi connectivity index (χ2v) is 6.61. The van der Waals surface area contributed by atoms with E-state index in [1.165, 1.54) is 0 Å².